The second-order valence-electron chi connectivity index (χ2n) is 8.42. The molecule has 3 rings (SSSR count). The van der Waals surface area contributed by atoms with Gasteiger partial charge >= 0.3 is 12.1 Å². The SMILES string of the molecule is CCC[C@@H](CC(=O)O)NC(=O)CC(CNC(=O)OCC1c2ccccc2-c2ccccc21)OC. The molecule has 0 radical (unpaired) electrons. The Balaban J connectivity index is 1.48. The number of carbonyl (C=O) groups excluding carboxylic acids is 2. The molecule has 2 aromatic carbocycles. The van der Waals surface area contributed by atoms with Crippen LogP contribution in [-0.4, -0.2) is 55.5 Å². The summed E-state index contributed by atoms with van der Waals surface area (Å²) in [5, 5.41) is 14.4. The van der Waals surface area contributed by atoms with E-state index >= 15 is 0 Å². The third-order valence-corrected chi connectivity index (χ3v) is 5.99. The molecule has 2 atom stereocenters. The Morgan fingerprint density at radius 2 is 1.62 bits per heavy atom. The summed E-state index contributed by atoms with van der Waals surface area (Å²) in [6, 6.07) is 15.8. The van der Waals surface area contributed by atoms with Crippen LogP contribution in [0.15, 0.2) is 48.5 Å². The van der Waals surface area contributed by atoms with Crippen molar-refractivity contribution in [2.45, 2.75) is 50.7 Å². The molecule has 1 aliphatic carbocycles. The molecule has 3 N–H and O–H groups in total. The highest BCUT2D eigenvalue weighted by Crippen LogP contribution is 2.44. The molecule has 0 saturated heterocycles. The molecule has 1 aliphatic rings. The lowest BCUT2D eigenvalue weighted by Gasteiger charge is -2.20. The normalized spacial score (nSPS) is 13.9. The van der Waals surface area contributed by atoms with Crippen LogP contribution in [0.3, 0.4) is 0 Å². The van der Waals surface area contributed by atoms with Crippen molar-refractivity contribution in [3.05, 3.63) is 59.7 Å². The van der Waals surface area contributed by atoms with Gasteiger partial charge in [-0.3, -0.25) is 9.59 Å². The highest BCUT2D eigenvalue weighted by molar-refractivity contribution is 5.79. The van der Waals surface area contributed by atoms with Crippen LogP contribution in [0.2, 0.25) is 0 Å². The van der Waals surface area contributed by atoms with Crippen LogP contribution >= 0.6 is 0 Å². The van der Waals surface area contributed by atoms with Crippen molar-refractivity contribution in [3.8, 4) is 11.1 Å². The number of hydrogen-bond donors (Lipinski definition) is 3. The molecular formula is C26H32N2O6. The molecule has 0 saturated carbocycles. The van der Waals surface area contributed by atoms with Crippen molar-refractivity contribution in [2.75, 3.05) is 20.3 Å². The molecule has 8 nitrogen and oxygen atoms in total. The van der Waals surface area contributed by atoms with Gasteiger partial charge in [0.2, 0.25) is 5.91 Å². The van der Waals surface area contributed by atoms with Gasteiger partial charge in [-0.1, -0.05) is 61.9 Å². The maximum absolute atomic E-state index is 12.4. The molecule has 0 spiro atoms. The van der Waals surface area contributed by atoms with E-state index in [1.807, 2.05) is 31.2 Å². The smallest absolute Gasteiger partial charge is 0.407 e. The van der Waals surface area contributed by atoms with Crippen molar-refractivity contribution in [1.82, 2.24) is 10.6 Å². The van der Waals surface area contributed by atoms with Crippen LogP contribution in [-0.2, 0) is 19.1 Å². The fourth-order valence-corrected chi connectivity index (χ4v) is 4.36. The standard InChI is InChI=1S/C26H32N2O6/c1-3-8-17(13-25(30)31)28-24(29)14-18(33-2)15-27-26(32)34-16-23-21-11-6-4-9-19(21)20-10-5-7-12-22(20)23/h4-7,9-12,17-18,23H,3,8,13-16H2,1-2H3,(H,27,32)(H,28,29)(H,30,31)/t17-,18?/m0/s1. The molecule has 182 valence electrons. The van der Waals surface area contributed by atoms with Crippen LogP contribution in [0.1, 0.15) is 49.7 Å². The summed E-state index contributed by atoms with van der Waals surface area (Å²) in [7, 11) is 1.46. The van der Waals surface area contributed by atoms with Crippen LogP contribution in [0.5, 0.6) is 0 Å². The Hall–Kier alpha value is -3.39. The van der Waals surface area contributed by atoms with Crippen molar-refractivity contribution < 1.29 is 29.0 Å². The topological polar surface area (TPSA) is 114 Å². The number of alkyl carbamates (subject to hydrolysis) is 1. The minimum absolute atomic E-state index is 0.0000109. The number of carboxylic acid groups (broad SMARTS) is 1. The molecule has 0 aliphatic heterocycles. The molecular weight excluding hydrogens is 436 g/mol. The Morgan fingerprint density at radius 3 is 2.18 bits per heavy atom. The number of rotatable bonds is 12. The van der Waals surface area contributed by atoms with Gasteiger partial charge in [-0.25, -0.2) is 4.79 Å². The van der Waals surface area contributed by atoms with Gasteiger partial charge in [0.05, 0.1) is 18.9 Å². The number of methoxy groups -OCH3 is 1. The first-order chi connectivity index (χ1) is 16.4. The summed E-state index contributed by atoms with van der Waals surface area (Å²) in [4.78, 5) is 35.7. The lowest BCUT2D eigenvalue weighted by Crippen LogP contribution is -2.41. The number of carboxylic acids is 1. The van der Waals surface area contributed by atoms with Crippen molar-refractivity contribution in [1.29, 1.82) is 0 Å². The maximum Gasteiger partial charge on any atom is 0.407 e. The van der Waals surface area contributed by atoms with E-state index in [4.69, 9.17) is 14.6 Å². The molecule has 8 heteroatoms. The number of nitrogens with one attached hydrogen (secondary N) is 2. The number of aliphatic carboxylic acids is 1. The number of carbonyl (C=O) groups is 3. The van der Waals surface area contributed by atoms with Crippen LogP contribution < -0.4 is 10.6 Å². The molecule has 34 heavy (non-hydrogen) atoms. The molecule has 1 unspecified atom stereocenters. The lowest BCUT2D eigenvalue weighted by atomic mass is 9.98. The highest BCUT2D eigenvalue weighted by atomic mass is 16.5. The Labute approximate surface area is 199 Å². The summed E-state index contributed by atoms with van der Waals surface area (Å²) in [5.74, 6) is -1.31. The summed E-state index contributed by atoms with van der Waals surface area (Å²) in [6.07, 6.45) is 0.0599. The first kappa shape index (κ1) is 25.2. The number of fused-ring (bicyclic) bond motifs is 3. The second-order valence-corrected chi connectivity index (χ2v) is 8.42. The second kappa shape index (κ2) is 12.2. The Kier molecular flexibility index (Phi) is 9.04. The fourth-order valence-electron chi connectivity index (χ4n) is 4.36. The van der Waals surface area contributed by atoms with E-state index in [1.54, 1.807) is 0 Å². The first-order valence-electron chi connectivity index (χ1n) is 11.6. The van der Waals surface area contributed by atoms with Gasteiger partial charge in [-0.05, 0) is 28.7 Å². The number of ether oxygens (including phenoxy) is 2. The molecule has 0 bridgehead atoms. The fraction of sp³-hybridized carbons (Fsp3) is 0.423. The monoisotopic (exact) mass is 468 g/mol. The van der Waals surface area contributed by atoms with Gasteiger partial charge in [0.1, 0.15) is 6.61 Å². The van der Waals surface area contributed by atoms with E-state index in [9.17, 15) is 14.4 Å². The Morgan fingerprint density at radius 1 is 1.00 bits per heavy atom. The predicted octanol–water partition coefficient (Wildman–Crippen LogP) is 3.69. The largest absolute Gasteiger partial charge is 0.481 e. The zero-order valence-corrected chi connectivity index (χ0v) is 19.6. The molecule has 2 aromatic rings. The zero-order valence-electron chi connectivity index (χ0n) is 19.6. The third kappa shape index (κ3) is 6.57. The van der Waals surface area contributed by atoms with Crippen molar-refractivity contribution >= 4 is 18.0 Å². The van der Waals surface area contributed by atoms with Gasteiger partial charge < -0.3 is 25.2 Å². The molecule has 0 fully saturated rings. The summed E-state index contributed by atoms with van der Waals surface area (Å²) >= 11 is 0. The lowest BCUT2D eigenvalue weighted by molar-refractivity contribution is -0.137. The number of benzene rings is 2. The van der Waals surface area contributed by atoms with Crippen LogP contribution in [0.4, 0.5) is 4.79 Å². The highest BCUT2D eigenvalue weighted by Gasteiger charge is 2.29. The minimum atomic E-state index is -0.959. The van der Waals surface area contributed by atoms with E-state index in [-0.39, 0.29) is 37.8 Å². The van der Waals surface area contributed by atoms with Crippen molar-refractivity contribution in [3.63, 3.8) is 0 Å². The summed E-state index contributed by atoms with van der Waals surface area (Å²) in [5.41, 5.74) is 4.57. The quantitative estimate of drug-likeness (QED) is 0.438. The van der Waals surface area contributed by atoms with Gasteiger partial charge in [0.15, 0.2) is 0 Å². The van der Waals surface area contributed by atoms with E-state index < -0.39 is 24.2 Å². The zero-order chi connectivity index (χ0) is 24.5. The minimum Gasteiger partial charge on any atom is -0.481 e. The van der Waals surface area contributed by atoms with Gasteiger partial charge in [-0.2, -0.15) is 0 Å². The molecule has 0 aromatic heterocycles. The average Bonchev–Trinajstić information content (AvgIpc) is 3.14. The van der Waals surface area contributed by atoms with Crippen LogP contribution in [0, 0.1) is 0 Å². The maximum atomic E-state index is 12.4. The van der Waals surface area contributed by atoms with E-state index in [1.165, 1.54) is 7.11 Å². The van der Waals surface area contributed by atoms with Gasteiger partial charge in [-0.15, -0.1) is 0 Å². The summed E-state index contributed by atoms with van der Waals surface area (Å²) < 4.78 is 10.8. The van der Waals surface area contributed by atoms with E-state index in [0.29, 0.717) is 6.42 Å². The molecule has 0 heterocycles. The van der Waals surface area contributed by atoms with Crippen LogP contribution in [0.25, 0.3) is 11.1 Å². The van der Waals surface area contributed by atoms with Gasteiger partial charge in [0.25, 0.3) is 0 Å². The third-order valence-electron chi connectivity index (χ3n) is 5.99. The van der Waals surface area contributed by atoms with Gasteiger partial charge in [0, 0.05) is 25.6 Å². The molecule has 2 amide bonds. The number of amides is 2. The van der Waals surface area contributed by atoms with E-state index in [2.05, 4.69) is 34.9 Å². The van der Waals surface area contributed by atoms with E-state index in [0.717, 1.165) is 28.7 Å². The first-order valence-corrected chi connectivity index (χ1v) is 11.6. The number of hydrogen-bond acceptors (Lipinski definition) is 5. The Bertz CT molecular complexity index is 963. The predicted molar refractivity (Wildman–Crippen MR) is 128 cm³/mol. The van der Waals surface area contributed by atoms with Crippen molar-refractivity contribution in [2.24, 2.45) is 0 Å². The summed E-state index contributed by atoms with van der Waals surface area (Å²) in [6.45, 7) is 2.22. The average molecular weight is 469 g/mol.